The maximum absolute atomic E-state index is 12.2. The number of rotatable bonds is 5. The van der Waals surface area contributed by atoms with Crippen LogP contribution in [0.5, 0.6) is 0 Å². The fourth-order valence-electron chi connectivity index (χ4n) is 2.20. The maximum atomic E-state index is 12.2. The number of aromatic nitrogens is 3. The van der Waals surface area contributed by atoms with Crippen molar-refractivity contribution in [2.45, 2.75) is 39.3 Å². The van der Waals surface area contributed by atoms with Crippen LogP contribution < -0.4 is 5.32 Å². The Hall–Kier alpha value is -1.43. The molecule has 6 heteroatoms. The Morgan fingerprint density at radius 2 is 2.00 bits per heavy atom. The third kappa shape index (κ3) is 4.02. The molecule has 0 aliphatic carbocycles. The molecule has 0 saturated carbocycles. The predicted molar refractivity (Wildman–Crippen MR) is 70.3 cm³/mol. The molecule has 1 fully saturated rings. The first kappa shape index (κ1) is 14.0. The first-order valence-corrected chi connectivity index (χ1v) is 6.89. The van der Waals surface area contributed by atoms with Crippen molar-refractivity contribution >= 4 is 5.91 Å². The Morgan fingerprint density at radius 1 is 1.37 bits per heavy atom. The fourth-order valence-corrected chi connectivity index (χ4v) is 2.20. The van der Waals surface area contributed by atoms with Gasteiger partial charge in [-0.2, -0.15) is 15.0 Å². The van der Waals surface area contributed by atoms with Crippen molar-refractivity contribution in [2.24, 2.45) is 11.8 Å². The number of hydrogen-bond donors (Lipinski definition) is 1. The van der Waals surface area contributed by atoms with Crippen molar-refractivity contribution in [1.82, 2.24) is 20.3 Å². The summed E-state index contributed by atoms with van der Waals surface area (Å²) in [4.78, 5) is 13.8. The molecule has 1 saturated heterocycles. The smallest absolute Gasteiger partial charge is 0.223 e. The highest BCUT2D eigenvalue weighted by Gasteiger charge is 2.25. The summed E-state index contributed by atoms with van der Waals surface area (Å²) in [5.74, 6) is 0.560. The first-order valence-electron chi connectivity index (χ1n) is 6.89. The van der Waals surface area contributed by atoms with Gasteiger partial charge in [-0.1, -0.05) is 13.8 Å². The van der Waals surface area contributed by atoms with Crippen molar-refractivity contribution < 1.29 is 9.53 Å². The lowest BCUT2D eigenvalue weighted by molar-refractivity contribution is -0.129. The second-order valence-corrected chi connectivity index (χ2v) is 5.33. The molecule has 1 aromatic rings. The average molecular weight is 266 g/mol. The van der Waals surface area contributed by atoms with Gasteiger partial charge in [0.05, 0.1) is 25.0 Å². The average Bonchev–Trinajstić information content (AvgIpc) is 2.91. The number of nitrogens with zero attached hydrogens (tertiary/aromatic N) is 3. The highest BCUT2D eigenvalue weighted by molar-refractivity contribution is 5.79. The summed E-state index contributed by atoms with van der Waals surface area (Å²) < 4.78 is 5.28. The largest absolute Gasteiger partial charge is 0.381 e. The summed E-state index contributed by atoms with van der Waals surface area (Å²) in [5, 5.41) is 11.3. The molecule has 1 atom stereocenters. The van der Waals surface area contributed by atoms with E-state index in [-0.39, 0.29) is 17.9 Å². The number of nitrogens with one attached hydrogen (secondary N) is 1. The molecule has 0 unspecified atom stereocenters. The zero-order chi connectivity index (χ0) is 13.7. The van der Waals surface area contributed by atoms with Crippen LogP contribution in [0.4, 0.5) is 0 Å². The van der Waals surface area contributed by atoms with E-state index in [9.17, 15) is 4.79 Å². The van der Waals surface area contributed by atoms with Gasteiger partial charge in [0.15, 0.2) is 0 Å². The molecule has 2 rings (SSSR count). The van der Waals surface area contributed by atoms with Gasteiger partial charge in [-0.15, -0.1) is 0 Å². The van der Waals surface area contributed by atoms with E-state index < -0.39 is 0 Å². The monoisotopic (exact) mass is 266 g/mol. The quantitative estimate of drug-likeness (QED) is 0.857. The Kier molecular flexibility index (Phi) is 4.90. The van der Waals surface area contributed by atoms with Gasteiger partial charge in [-0.25, -0.2) is 0 Å². The molecule has 1 aromatic heterocycles. The van der Waals surface area contributed by atoms with Gasteiger partial charge in [0.25, 0.3) is 0 Å². The maximum Gasteiger partial charge on any atom is 0.223 e. The zero-order valence-electron chi connectivity index (χ0n) is 11.6. The lowest BCUT2D eigenvalue weighted by Gasteiger charge is -2.26. The van der Waals surface area contributed by atoms with Crippen LogP contribution >= 0.6 is 0 Å². The standard InChI is InChI=1S/C13H22N4O2/c1-10(2)12(9-17-14-5-6-15-17)16-13(18)11-3-7-19-8-4-11/h5-6,10-12H,3-4,7-9H2,1-2H3,(H,16,18)/t12-/m1/s1. The van der Waals surface area contributed by atoms with Crippen molar-refractivity contribution in [1.29, 1.82) is 0 Å². The zero-order valence-corrected chi connectivity index (χ0v) is 11.6. The highest BCUT2D eigenvalue weighted by Crippen LogP contribution is 2.15. The van der Waals surface area contributed by atoms with Crippen molar-refractivity contribution in [2.75, 3.05) is 13.2 Å². The molecular formula is C13H22N4O2. The van der Waals surface area contributed by atoms with Crippen LogP contribution in [0, 0.1) is 11.8 Å². The third-order valence-corrected chi connectivity index (χ3v) is 3.55. The number of carbonyl (C=O) groups is 1. The summed E-state index contributed by atoms with van der Waals surface area (Å²) in [7, 11) is 0. The van der Waals surface area contributed by atoms with Gasteiger partial charge in [0, 0.05) is 19.1 Å². The minimum absolute atomic E-state index is 0.0581. The Bertz CT molecular complexity index is 385. The van der Waals surface area contributed by atoms with Gasteiger partial charge in [0.1, 0.15) is 0 Å². The van der Waals surface area contributed by atoms with E-state index in [1.165, 1.54) is 0 Å². The number of carbonyl (C=O) groups excluding carboxylic acids is 1. The first-order chi connectivity index (χ1) is 9.16. The van der Waals surface area contributed by atoms with E-state index in [1.807, 2.05) is 0 Å². The predicted octanol–water partition coefficient (Wildman–Crippen LogP) is 0.845. The lowest BCUT2D eigenvalue weighted by atomic mass is 9.97. The van der Waals surface area contributed by atoms with E-state index >= 15 is 0 Å². The van der Waals surface area contributed by atoms with Crippen molar-refractivity contribution in [3.63, 3.8) is 0 Å². The highest BCUT2D eigenvalue weighted by atomic mass is 16.5. The van der Waals surface area contributed by atoms with Crippen LogP contribution in [0.3, 0.4) is 0 Å². The molecule has 0 radical (unpaired) electrons. The number of hydrogen-bond acceptors (Lipinski definition) is 4. The summed E-state index contributed by atoms with van der Waals surface area (Å²) in [6.45, 7) is 6.17. The van der Waals surface area contributed by atoms with E-state index in [0.29, 0.717) is 25.7 Å². The van der Waals surface area contributed by atoms with Crippen LogP contribution in [0.2, 0.25) is 0 Å². The molecular weight excluding hydrogens is 244 g/mol. The van der Waals surface area contributed by atoms with Gasteiger partial charge in [0.2, 0.25) is 5.91 Å². The van der Waals surface area contributed by atoms with Crippen molar-refractivity contribution in [3.05, 3.63) is 12.4 Å². The van der Waals surface area contributed by atoms with E-state index in [1.54, 1.807) is 17.2 Å². The van der Waals surface area contributed by atoms with Gasteiger partial charge >= 0.3 is 0 Å². The normalized spacial score (nSPS) is 18.5. The second kappa shape index (κ2) is 6.65. The van der Waals surface area contributed by atoms with Crippen LogP contribution in [0.1, 0.15) is 26.7 Å². The Labute approximate surface area is 113 Å². The molecule has 0 aromatic carbocycles. The molecule has 1 amide bonds. The van der Waals surface area contributed by atoms with Crippen LogP contribution in [-0.4, -0.2) is 40.2 Å². The van der Waals surface area contributed by atoms with Gasteiger partial charge in [-0.3, -0.25) is 4.79 Å². The number of ether oxygens (including phenoxy) is 1. The molecule has 1 N–H and O–H groups in total. The molecule has 1 aliphatic heterocycles. The summed E-state index contributed by atoms with van der Waals surface area (Å²) in [6.07, 6.45) is 4.93. The third-order valence-electron chi connectivity index (χ3n) is 3.55. The Morgan fingerprint density at radius 3 is 2.58 bits per heavy atom. The van der Waals surface area contributed by atoms with E-state index in [2.05, 4.69) is 29.4 Å². The lowest BCUT2D eigenvalue weighted by Crippen LogP contribution is -2.45. The van der Waals surface area contributed by atoms with Crippen LogP contribution in [0.25, 0.3) is 0 Å². The van der Waals surface area contributed by atoms with Gasteiger partial charge < -0.3 is 10.1 Å². The van der Waals surface area contributed by atoms with E-state index in [4.69, 9.17) is 4.74 Å². The SMILES string of the molecule is CC(C)[C@@H](Cn1nccn1)NC(=O)C1CCOCC1. The molecule has 106 valence electrons. The van der Waals surface area contributed by atoms with Crippen molar-refractivity contribution in [3.8, 4) is 0 Å². The summed E-state index contributed by atoms with van der Waals surface area (Å²) in [5.41, 5.74) is 0. The number of amides is 1. The molecule has 2 heterocycles. The molecule has 0 spiro atoms. The van der Waals surface area contributed by atoms with E-state index in [0.717, 1.165) is 12.8 Å². The van der Waals surface area contributed by atoms with Crippen LogP contribution in [-0.2, 0) is 16.1 Å². The summed E-state index contributed by atoms with van der Waals surface area (Å²) >= 11 is 0. The second-order valence-electron chi connectivity index (χ2n) is 5.33. The molecule has 0 bridgehead atoms. The molecule has 19 heavy (non-hydrogen) atoms. The van der Waals surface area contributed by atoms with Crippen LogP contribution in [0.15, 0.2) is 12.4 Å². The van der Waals surface area contributed by atoms with Gasteiger partial charge in [-0.05, 0) is 18.8 Å². The topological polar surface area (TPSA) is 69.0 Å². The summed E-state index contributed by atoms with van der Waals surface area (Å²) in [6, 6.07) is 0.0581. The minimum Gasteiger partial charge on any atom is -0.381 e. The minimum atomic E-state index is 0.0581. The Balaban J connectivity index is 1.90. The molecule has 6 nitrogen and oxygen atoms in total. The molecule has 1 aliphatic rings. The fraction of sp³-hybridized carbons (Fsp3) is 0.769.